The van der Waals surface area contributed by atoms with Gasteiger partial charge in [-0.25, -0.2) is 8.42 Å². The number of benzene rings is 2. The smallest absolute Gasteiger partial charge is 0.244 e. The number of carbonyl (C=O) groups excluding carboxylic acids is 2. The largest absolute Gasteiger partial charge is 0.354 e. The number of nitrogens with one attached hydrogen (secondary N) is 1. The average molecular weight is 530 g/mol. The zero-order chi connectivity index (χ0) is 27.8. The van der Waals surface area contributed by atoms with E-state index in [1.54, 1.807) is 12.1 Å². The molecule has 0 spiro atoms. The molecule has 0 radical (unpaired) electrons. The molecule has 2 rings (SSSR count). The molecule has 37 heavy (non-hydrogen) atoms. The number of rotatable bonds is 12. The maximum absolute atomic E-state index is 13.7. The summed E-state index contributed by atoms with van der Waals surface area (Å²) in [6.45, 7) is 12.5. The molecule has 0 fully saturated rings. The Morgan fingerprint density at radius 1 is 0.973 bits per heavy atom. The quantitative estimate of drug-likeness (QED) is 0.401. The van der Waals surface area contributed by atoms with Gasteiger partial charge in [-0.05, 0) is 48.4 Å². The molecule has 2 aromatic rings. The Kier molecular flexibility index (Phi) is 10.7. The first-order valence-electron chi connectivity index (χ1n) is 13.0. The van der Waals surface area contributed by atoms with Crippen LogP contribution in [0.5, 0.6) is 0 Å². The summed E-state index contributed by atoms with van der Waals surface area (Å²) in [6.07, 6.45) is 3.30. The number of carbonyl (C=O) groups is 2. The zero-order valence-electron chi connectivity index (χ0n) is 23.4. The molecule has 0 bridgehead atoms. The van der Waals surface area contributed by atoms with Crippen molar-refractivity contribution in [3.8, 4) is 0 Å². The highest BCUT2D eigenvalue weighted by atomic mass is 32.2. The lowest BCUT2D eigenvalue weighted by molar-refractivity contribution is -0.140. The standard InChI is InChI=1S/C29H43N3O4S/c1-8-10-19-30-28(34)26(9-2)31(20-23-13-11-22(3)12-14-23)27(33)21-32(37(7,35)36)25-17-15-24(16-18-25)29(4,5)6/h11-18,26H,8-10,19-21H2,1-7H3,(H,30,34)/t26-/m1/s1. The third-order valence-corrected chi connectivity index (χ3v) is 7.53. The first kappa shape index (κ1) is 30.4. The highest BCUT2D eigenvalue weighted by molar-refractivity contribution is 7.92. The molecular weight excluding hydrogens is 486 g/mol. The van der Waals surface area contributed by atoms with E-state index in [1.807, 2.05) is 57.2 Å². The van der Waals surface area contributed by atoms with Crippen molar-refractivity contribution in [1.82, 2.24) is 10.2 Å². The summed E-state index contributed by atoms with van der Waals surface area (Å²) < 4.78 is 26.7. The van der Waals surface area contributed by atoms with Gasteiger partial charge in [0.2, 0.25) is 21.8 Å². The molecule has 204 valence electrons. The molecule has 2 amide bonds. The van der Waals surface area contributed by atoms with Gasteiger partial charge in [0.15, 0.2) is 0 Å². The molecule has 1 atom stereocenters. The molecule has 0 aliphatic carbocycles. The number of aryl methyl sites for hydroxylation is 1. The SMILES string of the molecule is CCCCNC(=O)[C@@H](CC)N(Cc1ccc(C)cc1)C(=O)CN(c1ccc(C(C)(C)C)cc1)S(C)(=O)=O. The van der Waals surface area contributed by atoms with Crippen molar-refractivity contribution in [3.63, 3.8) is 0 Å². The van der Waals surface area contributed by atoms with Gasteiger partial charge >= 0.3 is 0 Å². The van der Waals surface area contributed by atoms with Crippen molar-refractivity contribution in [2.75, 3.05) is 23.7 Å². The lowest BCUT2D eigenvalue weighted by atomic mass is 9.87. The first-order chi connectivity index (χ1) is 17.3. The fraction of sp³-hybridized carbons (Fsp3) is 0.517. The Hall–Kier alpha value is -2.87. The van der Waals surface area contributed by atoms with Gasteiger partial charge < -0.3 is 10.2 Å². The van der Waals surface area contributed by atoms with Crippen molar-refractivity contribution >= 4 is 27.5 Å². The fourth-order valence-electron chi connectivity index (χ4n) is 4.06. The molecule has 0 heterocycles. The second-order valence-corrected chi connectivity index (χ2v) is 12.5. The third-order valence-electron chi connectivity index (χ3n) is 6.39. The fourth-order valence-corrected chi connectivity index (χ4v) is 4.91. The molecule has 0 aromatic heterocycles. The Bertz CT molecular complexity index is 1140. The van der Waals surface area contributed by atoms with E-state index >= 15 is 0 Å². The van der Waals surface area contributed by atoms with E-state index in [2.05, 4.69) is 26.1 Å². The predicted molar refractivity (Wildman–Crippen MR) is 151 cm³/mol. The van der Waals surface area contributed by atoms with E-state index in [9.17, 15) is 18.0 Å². The predicted octanol–water partition coefficient (Wildman–Crippen LogP) is 4.78. The van der Waals surface area contributed by atoms with Crippen LogP contribution in [0.3, 0.4) is 0 Å². The van der Waals surface area contributed by atoms with Crippen LogP contribution in [0.1, 0.15) is 70.6 Å². The van der Waals surface area contributed by atoms with Crippen LogP contribution in [0.2, 0.25) is 0 Å². The summed E-state index contributed by atoms with van der Waals surface area (Å²) in [4.78, 5) is 28.3. The molecule has 0 aliphatic rings. The number of hydrogen-bond acceptors (Lipinski definition) is 4. The summed E-state index contributed by atoms with van der Waals surface area (Å²) >= 11 is 0. The van der Waals surface area contributed by atoms with Crippen molar-refractivity contribution < 1.29 is 18.0 Å². The zero-order valence-corrected chi connectivity index (χ0v) is 24.2. The van der Waals surface area contributed by atoms with Crippen LogP contribution in [-0.4, -0.2) is 50.5 Å². The van der Waals surface area contributed by atoms with Crippen molar-refractivity contribution in [2.45, 2.75) is 78.8 Å². The molecule has 0 unspecified atom stereocenters. The van der Waals surface area contributed by atoms with E-state index in [0.717, 1.165) is 40.1 Å². The molecule has 8 heteroatoms. The summed E-state index contributed by atoms with van der Waals surface area (Å²) in [5.74, 6) is -0.653. The third kappa shape index (κ3) is 8.88. The van der Waals surface area contributed by atoms with Gasteiger partial charge in [0.05, 0.1) is 11.9 Å². The second-order valence-electron chi connectivity index (χ2n) is 10.6. The summed E-state index contributed by atoms with van der Waals surface area (Å²) in [6, 6.07) is 14.3. The van der Waals surface area contributed by atoms with Crippen LogP contribution >= 0.6 is 0 Å². The Morgan fingerprint density at radius 3 is 2.05 bits per heavy atom. The lowest BCUT2D eigenvalue weighted by Gasteiger charge is -2.33. The molecule has 0 saturated carbocycles. The minimum Gasteiger partial charge on any atom is -0.354 e. The van der Waals surface area contributed by atoms with Crippen LogP contribution < -0.4 is 9.62 Å². The van der Waals surface area contributed by atoms with Crippen LogP contribution in [0.15, 0.2) is 48.5 Å². The number of sulfonamides is 1. The number of nitrogens with zero attached hydrogens (tertiary/aromatic N) is 2. The maximum atomic E-state index is 13.7. The van der Waals surface area contributed by atoms with E-state index in [-0.39, 0.29) is 17.9 Å². The molecule has 7 nitrogen and oxygen atoms in total. The first-order valence-corrected chi connectivity index (χ1v) is 14.8. The minimum atomic E-state index is -3.76. The molecule has 0 saturated heterocycles. The number of amides is 2. The van der Waals surface area contributed by atoms with Crippen molar-refractivity contribution in [2.24, 2.45) is 0 Å². The Labute approximate surface area is 223 Å². The number of anilines is 1. The topological polar surface area (TPSA) is 86.8 Å². The van der Waals surface area contributed by atoms with Gasteiger partial charge in [0, 0.05) is 13.1 Å². The van der Waals surface area contributed by atoms with Crippen LogP contribution in [0, 0.1) is 6.92 Å². The van der Waals surface area contributed by atoms with Gasteiger partial charge in [-0.1, -0.05) is 83.0 Å². The van der Waals surface area contributed by atoms with Gasteiger partial charge in [-0.2, -0.15) is 0 Å². The highest BCUT2D eigenvalue weighted by Crippen LogP contribution is 2.26. The molecule has 1 N–H and O–H groups in total. The maximum Gasteiger partial charge on any atom is 0.244 e. The van der Waals surface area contributed by atoms with Crippen LogP contribution in [-0.2, 0) is 31.6 Å². The Morgan fingerprint density at radius 2 is 1.57 bits per heavy atom. The number of unbranched alkanes of at least 4 members (excludes halogenated alkanes) is 1. The van der Waals surface area contributed by atoms with Gasteiger partial charge in [0.25, 0.3) is 0 Å². The Balaban J connectivity index is 2.40. The summed E-state index contributed by atoms with van der Waals surface area (Å²) in [5.41, 5.74) is 3.35. The summed E-state index contributed by atoms with van der Waals surface area (Å²) in [5, 5.41) is 2.94. The number of hydrogen-bond donors (Lipinski definition) is 1. The van der Waals surface area contributed by atoms with E-state index in [1.165, 1.54) is 4.90 Å². The van der Waals surface area contributed by atoms with Gasteiger partial charge in [-0.3, -0.25) is 13.9 Å². The van der Waals surface area contributed by atoms with E-state index in [4.69, 9.17) is 0 Å². The minimum absolute atomic E-state index is 0.0887. The van der Waals surface area contributed by atoms with Gasteiger partial charge in [-0.15, -0.1) is 0 Å². The van der Waals surface area contributed by atoms with Crippen LogP contribution in [0.4, 0.5) is 5.69 Å². The van der Waals surface area contributed by atoms with Crippen molar-refractivity contribution in [1.29, 1.82) is 0 Å². The van der Waals surface area contributed by atoms with E-state index < -0.39 is 28.5 Å². The monoisotopic (exact) mass is 529 g/mol. The highest BCUT2D eigenvalue weighted by Gasteiger charge is 2.31. The van der Waals surface area contributed by atoms with Crippen molar-refractivity contribution in [3.05, 3.63) is 65.2 Å². The van der Waals surface area contributed by atoms with Crippen LogP contribution in [0.25, 0.3) is 0 Å². The molecule has 0 aliphatic heterocycles. The summed E-state index contributed by atoms with van der Waals surface area (Å²) in [7, 11) is -3.76. The van der Waals surface area contributed by atoms with E-state index in [0.29, 0.717) is 18.7 Å². The average Bonchev–Trinajstić information content (AvgIpc) is 2.82. The second kappa shape index (κ2) is 13.1. The molecular formula is C29H43N3O4S. The normalized spacial score (nSPS) is 12.6. The molecule has 2 aromatic carbocycles. The lowest BCUT2D eigenvalue weighted by Crippen LogP contribution is -2.52. The van der Waals surface area contributed by atoms with Gasteiger partial charge in [0.1, 0.15) is 12.6 Å².